The van der Waals surface area contributed by atoms with Crippen LogP contribution >= 0.6 is 0 Å². The lowest BCUT2D eigenvalue weighted by atomic mass is 9.94. The van der Waals surface area contributed by atoms with Gasteiger partial charge in [0.15, 0.2) is 0 Å². The Kier molecular flexibility index (Phi) is 2.80. The number of fused-ring (bicyclic) bond motifs is 1. The summed E-state index contributed by atoms with van der Waals surface area (Å²) in [5, 5.41) is 0. The van der Waals surface area contributed by atoms with Crippen molar-refractivity contribution in [1.82, 2.24) is 0 Å². The van der Waals surface area contributed by atoms with Crippen LogP contribution in [-0.4, -0.2) is 7.11 Å². The van der Waals surface area contributed by atoms with Crippen LogP contribution in [0.2, 0.25) is 0 Å². The standard InChI is InChI=1S/C16H16O2/c1-11-15(8-5-13-9-18-10-16(11)13)12-3-6-14(17-2)7-4-12/h3-8H,9-10H2,1-2H3. The highest BCUT2D eigenvalue weighted by Gasteiger charge is 2.16. The molecular formula is C16H16O2. The van der Waals surface area contributed by atoms with Crippen molar-refractivity contribution in [3.05, 3.63) is 53.1 Å². The number of methoxy groups -OCH3 is 1. The van der Waals surface area contributed by atoms with Crippen LogP contribution in [-0.2, 0) is 18.0 Å². The molecule has 2 heteroatoms. The van der Waals surface area contributed by atoms with E-state index in [1.54, 1.807) is 7.11 Å². The molecule has 0 radical (unpaired) electrons. The maximum atomic E-state index is 5.50. The lowest BCUT2D eigenvalue weighted by molar-refractivity contribution is 0.134. The Labute approximate surface area is 107 Å². The van der Waals surface area contributed by atoms with E-state index in [2.05, 4.69) is 31.2 Å². The van der Waals surface area contributed by atoms with Crippen LogP contribution in [0.5, 0.6) is 5.75 Å². The van der Waals surface area contributed by atoms with E-state index in [1.165, 1.54) is 27.8 Å². The largest absolute Gasteiger partial charge is 0.497 e. The number of rotatable bonds is 2. The van der Waals surface area contributed by atoms with E-state index >= 15 is 0 Å². The number of hydrogen-bond donors (Lipinski definition) is 0. The zero-order chi connectivity index (χ0) is 12.5. The first kappa shape index (κ1) is 11.3. The van der Waals surface area contributed by atoms with Gasteiger partial charge < -0.3 is 9.47 Å². The average Bonchev–Trinajstić information content (AvgIpc) is 2.89. The molecule has 0 aliphatic carbocycles. The molecule has 0 unspecified atom stereocenters. The Morgan fingerprint density at radius 3 is 2.50 bits per heavy atom. The third-order valence-electron chi connectivity index (χ3n) is 3.60. The monoisotopic (exact) mass is 240 g/mol. The van der Waals surface area contributed by atoms with Gasteiger partial charge in [-0.2, -0.15) is 0 Å². The van der Waals surface area contributed by atoms with E-state index in [1.807, 2.05) is 12.1 Å². The smallest absolute Gasteiger partial charge is 0.118 e. The summed E-state index contributed by atoms with van der Waals surface area (Å²) in [6, 6.07) is 12.6. The van der Waals surface area contributed by atoms with Gasteiger partial charge in [0.1, 0.15) is 5.75 Å². The van der Waals surface area contributed by atoms with Gasteiger partial charge in [0.2, 0.25) is 0 Å². The summed E-state index contributed by atoms with van der Waals surface area (Å²) in [7, 11) is 1.69. The Morgan fingerprint density at radius 2 is 1.78 bits per heavy atom. The molecule has 0 fully saturated rings. The van der Waals surface area contributed by atoms with Gasteiger partial charge in [-0.05, 0) is 46.9 Å². The molecule has 2 aromatic carbocycles. The Morgan fingerprint density at radius 1 is 1.00 bits per heavy atom. The average molecular weight is 240 g/mol. The van der Waals surface area contributed by atoms with Gasteiger partial charge in [0, 0.05) is 0 Å². The Hall–Kier alpha value is -1.80. The quantitative estimate of drug-likeness (QED) is 0.796. The molecule has 0 amide bonds. The third-order valence-corrected chi connectivity index (χ3v) is 3.60. The van der Waals surface area contributed by atoms with Gasteiger partial charge in [-0.1, -0.05) is 24.3 Å². The van der Waals surface area contributed by atoms with Crippen LogP contribution in [0, 0.1) is 6.92 Å². The van der Waals surface area contributed by atoms with Crippen molar-refractivity contribution in [2.45, 2.75) is 20.1 Å². The predicted octanol–water partition coefficient (Wildman–Crippen LogP) is 3.70. The fourth-order valence-corrected chi connectivity index (χ4v) is 2.50. The van der Waals surface area contributed by atoms with Crippen molar-refractivity contribution in [3.8, 4) is 16.9 Å². The van der Waals surface area contributed by atoms with Crippen LogP contribution < -0.4 is 4.74 Å². The van der Waals surface area contributed by atoms with Crippen LogP contribution in [0.25, 0.3) is 11.1 Å². The zero-order valence-electron chi connectivity index (χ0n) is 10.7. The number of hydrogen-bond acceptors (Lipinski definition) is 2. The maximum Gasteiger partial charge on any atom is 0.118 e. The highest BCUT2D eigenvalue weighted by Crippen LogP contribution is 2.32. The first-order valence-corrected chi connectivity index (χ1v) is 6.13. The van der Waals surface area contributed by atoms with Crippen molar-refractivity contribution in [2.75, 3.05) is 7.11 Å². The van der Waals surface area contributed by atoms with Crippen LogP contribution in [0.4, 0.5) is 0 Å². The fourth-order valence-electron chi connectivity index (χ4n) is 2.50. The molecule has 92 valence electrons. The lowest BCUT2D eigenvalue weighted by Crippen LogP contribution is -1.92. The van der Waals surface area contributed by atoms with Gasteiger partial charge in [0.05, 0.1) is 20.3 Å². The van der Waals surface area contributed by atoms with Crippen molar-refractivity contribution in [1.29, 1.82) is 0 Å². The fraction of sp³-hybridized carbons (Fsp3) is 0.250. The Bertz CT molecular complexity index is 570. The van der Waals surface area contributed by atoms with Gasteiger partial charge >= 0.3 is 0 Å². The van der Waals surface area contributed by atoms with Gasteiger partial charge in [-0.25, -0.2) is 0 Å². The minimum atomic E-state index is 0.741. The van der Waals surface area contributed by atoms with E-state index in [-0.39, 0.29) is 0 Å². The number of ether oxygens (including phenoxy) is 2. The summed E-state index contributed by atoms with van der Waals surface area (Å²) in [4.78, 5) is 0. The third kappa shape index (κ3) is 1.79. The second kappa shape index (κ2) is 4.46. The van der Waals surface area contributed by atoms with Crippen molar-refractivity contribution < 1.29 is 9.47 Å². The molecule has 2 aromatic rings. The van der Waals surface area contributed by atoms with Crippen molar-refractivity contribution in [2.24, 2.45) is 0 Å². The molecule has 1 aliphatic heterocycles. The highest BCUT2D eigenvalue weighted by atomic mass is 16.5. The molecule has 0 atom stereocenters. The molecule has 1 aliphatic rings. The molecule has 0 saturated heterocycles. The SMILES string of the molecule is COc1ccc(-c2ccc3c(c2C)COC3)cc1. The first-order chi connectivity index (χ1) is 8.79. The van der Waals surface area contributed by atoms with Crippen LogP contribution in [0.3, 0.4) is 0 Å². The molecule has 3 rings (SSSR count). The van der Waals surface area contributed by atoms with Gasteiger partial charge in [-0.15, -0.1) is 0 Å². The topological polar surface area (TPSA) is 18.5 Å². The first-order valence-electron chi connectivity index (χ1n) is 6.13. The van der Waals surface area contributed by atoms with Gasteiger partial charge in [-0.3, -0.25) is 0 Å². The highest BCUT2D eigenvalue weighted by molar-refractivity contribution is 5.70. The minimum absolute atomic E-state index is 0.741. The molecular weight excluding hydrogens is 224 g/mol. The predicted molar refractivity (Wildman–Crippen MR) is 71.7 cm³/mol. The van der Waals surface area contributed by atoms with Crippen molar-refractivity contribution >= 4 is 0 Å². The summed E-state index contributed by atoms with van der Waals surface area (Å²) in [5.74, 6) is 0.890. The second-order valence-electron chi connectivity index (χ2n) is 4.60. The molecule has 2 nitrogen and oxygen atoms in total. The van der Waals surface area contributed by atoms with E-state index in [0.29, 0.717) is 0 Å². The summed E-state index contributed by atoms with van der Waals surface area (Å²) in [6.45, 7) is 3.66. The van der Waals surface area contributed by atoms with E-state index in [0.717, 1.165) is 19.0 Å². The molecule has 18 heavy (non-hydrogen) atoms. The summed E-state index contributed by atoms with van der Waals surface area (Å²) in [5.41, 5.74) is 6.51. The van der Waals surface area contributed by atoms with E-state index in [4.69, 9.17) is 9.47 Å². The molecule has 0 bridgehead atoms. The zero-order valence-corrected chi connectivity index (χ0v) is 10.7. The minimum Gasteiger partial charge on any atom is -0.497 e. The summed E-state index contributed by atoms with van der Waals surface area (Å²) in [6.07, 6.45) is 0. The molecule has 0 N–H and O–H groups in total. The normalized spacial score (nSPS) is 13.4. The van der Waals surface area contributed by atoms with E-state index < -0.39 is 0 Å². The van der Waals surface area contributed by atoms with E-state index in [9.17, 15) is 0 Å². The van der Waals surface area contributed by atoms with Crippen molar-refractivity contribution in [3.63, 3.8) is 0 Å². The van der Waals surface area contributed by atoms with Gasteiger partial charge in [0.25, 0.3) is 0 Å². The van der Waals surface area contributed by atoms with Crippen LogP contribution in [0.15, 0.2) is 36.4 Å². The summed E-state index contributed by atoms with van der Waals surface area (Å²) < 4.78 is 10.7. The number of benzene rings is 2. The maximum absolute atomic E-state index is 5.50. The molecule has 0 spiro atoms. The van der Waals surface area contributed by atoms with Crippen LogP contribution in [0.1, 0.15) is 16.7 Å². The lowest BCUT2D eigenvalue weighted by Gasteiger charge is -2.10. The molecule has 0 aromatic heterocycles. The summed E-state index contributed by atoms with van der Waals surface area (Å²) >= 11 is 0. The molecule has 0 saturated carbocycles. The second-order valence-corrected chi connectivity index (χ2v) is 4.60. The molecule has 1 heterocycles. The Balaban J connectivity index is 2.06.